The van der Waals surface area contributed by atoms with Crippen molar-refractivity contribution >= 4 is 41.0 Å². The maximum Gasteiger partial charge on any atom is 0.191 e. The molecule has 0 aliphatic heterocycles. The first-order valence-corrected chi connectivity index (χ1v) is 8.70. The summed E-state index contributed by atoms with van der Waals surface area (Å²) in [6, 6.07) is 8.28. The van der Waals surface area contributed by atoms with E-state index in [1.165, 1.54) is 18.4 Å². The molecule has 5 nitrogen and oxygen atoms in total. The average Bonchev–Trinajstić information content (AvgIpc) is 2.87. The zero-order valence-corrected chi connectivity index (χ0v) is 17.3. The number of nitrogens with one attached hydrogen (secondary N) is 2. The van der Waals surface area contributed by atoms with Gasteiger partial charge in [0.1, 0.15) is 5.82 Å². The topological polar surface area (TPSA) is 54.2 Å². The number of halogens is 1. The van der Waals surface area contributed by atoms with E-state index in [1.54, 1.807) is 0 Å². The fourth-order valence-electron chi connectivity index (χ4n) is 2.66. The van der Waals surface area contributed by atoms with E-state index in [9.17, 15) is 0 Å². The van der Waals surface area contributed by atoms with Crippen LogP contribution in [0.25, 0.3) is 11.0 Å². The Balaban J connectivity index is 0.00000288. The number of benzene rings is 1. The summed E-state index contributed by atoms with van der Waals surface area (Å²) >= 11 is 0. The highest BCUT2D eigenvalue weighted by molar-refractivity contribution is 14.0. The zero-order valence-electron chi connectivity index (χ0n) is 15.0. The quantitative estimate of drug-likeness (QED) is 0.283. The lowest BCUT2D eigenvalue weighted by Crippen LogP contribution is -2.39. The number of fused-ring (bicyclic) bond motifs is 1. The van der Waals surface area contributed by atoms with Crippen LogP contribution in [0.15, 0.2) is 29.3 Å². The first-order valence-electron chi connectivity index (χ1n) is 8.70. The number of guanidine groups is 1. The third-order valence-corrected chi connectivity index (χ3v) is 3.85. The second-order valence-corrected chi connectivity index (χ2v) is 5.69. The Labute approximate surface area is 162 Å². The van der Waals surface area contributed by atoms with Gasteiger partial charge in [0.05, 0.1) is 11.0 Å². The molecule has 0 aliphatic rings. The largest absolute Gasteiger partial charge is 0.357 e. The molecule has 0 aliphatic carbocycles. The molecule has 0 saturated carbocycles. The zero-order chi connectivity index (χ0) is 16.5. The number of imidazole rings is 1. The highest BCUT2D eigenvalue weighted by Gasteiger charge is 2.06. The monoisotopic (exact) mass is 443 g/mol. The Morgan fingerprint density at radius 2 is 1.96 bits per heavy atom. The molecule has 1 aromatic carbocycles. The summed E-state index contributed by atoms with van der Waals surface area (Å²) in [5.41, 5.74) is 2.25. The number of aliphatic imine (C=N–C) groups is 1. The van der Waals surface area contributed by atoms with Crippen molar-refractivity contribution in [3.05, 3.63) is 30.1 Å². The predicted molar refractivity (Wildman–Crippen MR) is 113 cm³/mol. The van der Waals surface area contributed by atoms with Crippen LogP contribution in [0.5, 0.6) is 0 Å². The van der Waals surface area contributed by atoms with Crippen LogP contribution in [0, 0.1) is 6.92 Å². The highest BCUT2D eigenvalue weighted by Crippen LogP contribution is 2.14. The number of aryl methyl sites for hydroxylation is 1. The van der Waals surface area contributed by atoms with Crippen LogP contribution in [0.3, 0.4) is 0 Å². The summed E-state index contributed by atoms with van der Waals surface area (Å²) in [4.78, 5) is 9.23. The summed E-state index contributed by atoms with van der Waals surface area (Å²) in [5, 5.41) is 6.72. The van der Waals surface area contributed by atoms with E-state index >= 15 is 0 Å². The number of hydrogen-bond donors (Lipinski definition) is 2. The number of rotatable bonds is 8. The lowest BCUT2D eigenvalue weighted by molar-refractivity contribution is 0.657. The van der Waals surface area contributed by atoms with Gasteiger partial charge in [-0.3, -0.25) is 4.99 Å². The molecule has 1 aromatic heterocycles. The molecule has 24 heavy (non-hydrogen) atoms. The molecule has 0 saturated heterocycles. The fourth-order valence-corrected chi connectivity index (χ4v) is 2.66. The third-order valence-electron chi connectivity index (χ3n) is 3.85. The van der Waals surface area contributed by atoms with E-state index in [0.29, 0.717) is 0 Å². The van der Waals surface area contributed by atoms with Crippen LogP contribution in [0.4, 0.5) is 0 Å². The Kier molecular flexibility index (Phi) is 9.75. The van der Waals surface area contributed by atoms with E-state index in [0.717, 1.165) is 49.9 Å². The maximum absolute atomic E-state index is 4.62. The fraction of sp³-hybridized carbons (Fsp3) is 0.556. The van der Waals surface area contributed by atoms with E-state index < -0.39 is 0 Å². The van der Waals surface area contributed by atoms with Crippen molar-refractivity contribution in [3.63, 3.8) is 0 Å². The molecule has 0 atom stereocenters. The molecule has 6 heteroatoms. The molecule has 2 rings (SSSR count). The number of para-hydroxylation sites is 2. The molecule has 134 valence electrons. The summed E-state index contributed by atoms with van der Waals surface area (Å²) in [6.45, 7) is 9.85. The van der Waals surface area contributed by atoms with Gasteiger partial charge in [-0.1, -0.05) is 31.9 Å². The van der Waals surface area contributed by atoms with Crippen molar-refractivity contribution in [2.45, 2.75) is 46.6 Å². The lowest BCUT2D eigenvalue weighted by Gasteiger charge is -2.12. The second-order valence-electron chi connectivity index (χ2n) is 5.69. The summed E-state index contributed by atoms with van der Waals surface area (Å²) in [7, 11) is 0. The van der Waals surface area contributed by atoms with Crippen molar-refractivity contribution in [3.8, 4) is 0 Å². The van der Waals surface area contributed by atoms with Gasteiger partial charge in [-0.25, -0.2) is 4.98 Å². The summed E-state index contributed by atoms with van der Waals surface area (Å²) < 4.78 is 2.25. The molecule has 2 aromatic rings. The minimum atomic E-state index is 0. The second kappa shape index (κ2) is 11.3. The Hall–Kier alpha value is -1.31. The molecule has 0 bridgehead atoms. The van der Waals surface area contributed by atoms with Crippen LogP contribution >= 0.6 is 24.0 Å². The predicted octanol–water partition coefficient (Wildman–Crippen LogP) is 3.71. The van der Waals surface area contributed by atoms with Crippen LogP contribution < -0.4 is 10.6 Å². The van der Waals surface area contributed by atoms with Gasteiger partial charge in [0.25, 0.3) is 0 Å². The average molecular weight is 443 g/mol. The minimum absolute atomic E-state index is 0. The van der Waals surface area contributed by atoms with Crippen molar-refractivity contribution < 1.29 is 0 Å². The molecule has 0 unspecified atom stereocenters. The molecule has 2 N–H and O–H groups in total. The maximum atomic E-state index is 4.62. The van der Waals surface area contributed by atoms with E-state index in [-0.39, 0.29) is 24.0 Å². The third kappa shape index (κ3) is 5.96. The normalized spacial score (nSPS) is 11.4. The standard InChI is InChI=1S/C18H29N5.HI/c1-4-6-9-12-20-18(19-5-2)21-13-14-23-15(3)22-16-10-7-8-11-17(16)23;/h7-8,10-11H,4-6,9,12-14H2,1-3H3,(H2,19,20,21);1H. The van der Waals surface area contributed by atoms with Crippen LogP contribution in [0.2, 0.25) is 0 Å². The van der Waals surface area contributed by atoms with Gasteiger partial charge < -0.3 is 15.2 Å². The van der Waals surface area contributed by atoms with Crippen LogP contribution in [0.1, 0.15) is 38.9 Å². The molecular formula is C18H30IN5. The van der Waals surface area contributed by atoms with Gasteiger partial charge in [-0.2, -0.15) is 0 Å². The van der Waals surface area contributed by atoms with Crippen molar-refractivity contribution in [1.82, 2.24) is 20.2 Å². The summed E-state index contributed by atoms with van der Waals surface area (Å²) in [6.07, 6.45) is 3.62. The Bertz CT molecular complexity index is 635. The SMILES string of the molecule is CCCCCN=C(NCC)NCCn1c(C)nc2ccccc21.I. The Morgan fingerprint density at radius 1 is 1.17 bits per heavy atom. The van der Waals surface area contributed by atoms with Crippen molar-refractivity contribution in [2.24, 2.45) is 4.99 Å². The highest BCUT2D eigenvalue weighted by atomic mass is 127. The first kappa shape index (κ1) is 20.7. The molecule has 0 amide bonds. The van der Waals surface area contributed by atoms with Gasteiger partial charge >= 0.3 is 0 Å². The lowest BCUT2D eigenvalue weighted by atomic mass is 10.2. The minimum Gasteiger partial charge on any atom is -0.357 e. The number of hydrogen-bond acceptors (Lipinski definition) is 2. The Morgan fingerprint density at radius 3 is 2.71 bits per heavy atom. The van der Waals surface area contributed by atoms with Gasteiger partial charge in [0.15, 0.2) is 5.96 Å². The van der Waals surface area contributed by atoms with E-state index in [2.05, 4.69) is 64.1 Å². The van der Waals surface area contributed by atoms with Crippen LogP contribution in [-0.2, 0) is 6.54 Å². The van der Waals surface area contributed by atoms with Gasteiger partial charge in [-0.15, -0.1) is 24.0 Å². The molecule has 0 radical (unpaired) electrons. The molecule has 0 spiro atoms. The van der Waals surface area contributed by atoms with Gasteiger partial charge in [0, 0.05) is 26.2 Å². The molecular weight excluding hydrogens is 413 g/mol. The molecule has 1 heterocycles. The number of aromatic nitrogens is 2. The van der Waals surface area contributed by atoms with E-state index in [1.807, 2.05) is 6.07 Å². The first-order chi connectivity index (χ1) is 11.3. The smallest absolute Gasteiger partial charge is 0.191 e. The van der Waals surface area contributed by atoms with Crippen molar-refractivity contribution in [1.29, 1.82) is 0 Å². The van der Waals surface area contributed by atoms with Gasteiger partial charge in [-0.05, 0) is 32.4 Å². The number of nitrogens with zero attached hydrogens (tertiary/aromatic N) is 3. The van der Waals surface area contributed by atoms with Crippen LogP contribution in [-0.4, -0.2) is 35.1 Å². The van der Waals surface area contributed by atoms with E-state index in [4.69, 9.17) is 0 Å². The molecule has 0 fully saturated rings. The van der Waals surface area contributed by atoms with Crippen molar-refractivity contribution in [2.75, 3.05) is 19.6 Å². The van der Waals surface area contributed by atoms with Gasteiger partial charge in [0.2, 0.25) is 0 Å². The summed E-state index contributed by atoms with van der Waals surface area (Å²) in [5.74, 6) is 1.96. The number of unbranched alkanes of at least 4 members (excludes halogenated alkanes) is 2.